The van der Waals surface area contributed by atoms with Crippen LogP contribution >= 0.6 is 7.82 Å². The molecule has 186 valence electrons. The molecule has 0 amide bonds. The van der Waals surface area contributed by atoms with Gasteiger partial charge in [-0.2, -0.15) is 0 Å². The smallest absolute Gasteiger partial charge is 0.460 e. The van der Waals surface area contributed by atoms with Crippen LogP contribution in [0, 0.1) is 5.92 Å². The van der Waals surface area contributed by atoms with Gasteiger partial charge in [0.15, 0.2) is 0 Å². The molecule has 1 fully saturated rings. The van der Waals surface area contributed by atoms with Crippen LogP contribution in [-0.2, 0) is 21.9 Å². The third kappa shape index (κ3) is 6.83. The van der Waals surface area contributed by atoms with E-state index in [0.29, 0.717) is 11.7 Å². The van der Waals surface area contributed by atoms with E-state index < -0.39 is 13.6 Å². The standard InChI is InChI=1S/C29H35O5P/c1-21(2)26-15-10-16-27(22(3)25-17-18-25)28(26)33-29(34-35(30,31)32,19-23-11-6-4-7-12-23)20-24-13-8-5-9-14-24/h4-16,21-22,25H,17-20H2,1-3H3,(H2,30,31,32)/t22-/m1/s1. The molecule has 0 unspecified atom stereocenters. The van der Waals surface area contributed by atoms with Crippen LogP contribution in [0.1, 0.15) is 67.7 Å². The molecule has 1 atom stereocenters. The van der Waals surface area contributed by atoms with Crippen molar-refractivity contribution in [1.82, 2.24) is 0 Å². The number of phosphoric ester groups is 1. The van der Waals surface area contributed by atoms with Crippen molar-refractivity contribution in [2.24, 2.45) is 5.92 Å². The molecule has 0 aliphatic heterocycles. The molecule has 0 heterocycles. The predicted molar refractivity (Wildman–Crippen MR) is 138 cm³/mol. The Kier molecular flexibility index (Phi) is 7.83. The highest BCUT2D eigenvalue weighted by Crippen LogP contribution is 2.50. The first-order valence-corrected chi connectivity index (χ1v) is 13.8. The van der Waals surface area contributed by atoms with Crippen LogP contribution in [0.5, 0.6) is 5.75 Å². The maximum atomic E-state index is 12.4. The van der Waals surface area contributed by atoms with Crippen LogP contribution in [0.4, 0.5) is 0 Å². The summed E-state index contributed by atoms with van der Waals surface area (Å²) in [7, 11) is -4.91. The number of ether oxygens (including phenoxy) is 1. The van der Waals surface area contributed by atoms with Crippen molar-refractivity contribution in [3.63, 3.8) is 0 Å². The Hall–Kier alpha value is -2.43. The number of rotatable bonds is 11. The van der Waals surface area contributed by atoms with Crippen LogP contribution in [0.25, 0.3) is 0 Å². The Labute approximate surface area is 208 Å². The lowest BCUT2D eigenvalue weighted by Gasteiger charge is -2.37. The molecular formula is C29H35O5P. The van der Waals surface area contributed by atoms with Crippen molar-refractivity contribution < 1.29 is 23.6 Å². The van der Waals surface area contributed by atoms with Gasteiger partial charge in [-0.25, -0.2) is 9.09 Å². The zero-order valence-corrected chi connectivity index (χ0v) is 21.5. The van der Waals surface area contributed by atoms with Crippen molar-refractivity contribution in [1.29, 1.82) is 0 Å². The van der Waals surface area contributed by atoms with Crippen LogP contribution < -0.4 is 4.74 Å². The highest BCUT2D eigenvalue weighted by atomic mass is 31.2. The molecule has 6 heteroatoms. The van der Waals surface area contributed by atoms with E-state index in [1.807, 2.05) is 66.7 Å². The fraction of sp³-hybridized carbons (Fsp3) is 0.379. The van der Waals surface area contributed by atoms with E-state index in [2.05, 4.69) is 32.9 Å². The number of para-hydroxylation sites is 1. The minimum absolute atomic E-state index is 0.164. The second-order valence-electron chi connectivity index (χ2n) is 9.97. The van der Waals surface area contributed by atoms with Crippen molar-refractivity contribution in [3.05, 3.63) is 101 Å². The van der Waals surface area contributed by atoms with Crippen molar-refractivity contribution >= 4 is 7.82 Å². The van der Waals surface area contributed by atoms with E-state index in [1.165, 1.54) is 12.8 Å². The van der Waals surface area contributed by atoms with Gasteiger partial charge in [0, 0.05) is 12.8 Å². The Morgan fingerprint density at radius 2 is 1.34 bits per heavy atom. The van der Waals surface area contributed by atoms with Gasteiger partial charge in [0.2, 0.25) is 5.79 Å². The van der Waals surface area contributed by atoms with Gasteiger partial charge >= 0.3 is 7.82 Å². The van der Waals surface area contributed by atoms with Crippen LogP contribution in [0.15, 0.2) is 78.9 Å². The monoisotopic (exact) mass is 494 g/mol. The molecule has 0 aromatic heterocycles. The summed E-state index contributed by atoms with van der Waals surface area (Å²) in [5.41, 5.74) is 3.82. The lowest BCUT2D eigenvalue weighted by Crippen LogP contribution is -2.43. The van der Waals surface area contributed by atoms with Gasteiger partial charge < -0.3 is 14.5 Å². The Bertz CT molecular complexity index is 1110. The van der Waals surface area contributed by atoms with Gasteiger partial charge in [-0.1, -0.05) is 99.6 Å². The summed E-state index contributed by atoms with van der Waals surface area (Å²) in [5, 5.41) is 0. The van der Waals surface area contributed by atoms with E-state index in [-0.39, 0.29) is 24.7 Å². The molecule has 2 N–H and O–H groups in total. The zero-order valence-electron chi connectivity index (χ0n) is 20.6. The van der Waals surface area contributed by atoms with Gasteiger partial charge in [-0.05, 0) is 52.8 Å². The summed E-state index contributed by atoms with van der Waals surface area (Å²) in [6, 6.07) is 25.3. The summed E-state index contributed by atoms with van der Waals surface area (Å²) in [4.78, 5) is 20.1. The molecule has 0 saturated heterocycles. The zero-order chi connectivity index (χ0) is 25.1. The molecule has 0 radical (unpaired) electrons. The lowest BCUT2D eigenvalue weighted by molar-refractivity contribution is -0.126. The SMILES string of the molecule is CC(C)c1cccc([C@H](C)C2CC2)c1OC(Cc1ccccc1)(Cc1ccccc1)OP(=O)(O)O. The molecule has 0 bridgehead atoms. The van der Waals surface area contributed by atoms with E-state index in [1.54, 1.807) is 0 Å². The highest BCUT2D eigenvalue weighted by molar-refractivity contribution is 7.46. The molecule has 5 nitrogen and oxygen atoms in total. The van der Waals surface area contributed by atoms with Gasteiger partial charge in [0.05, 0.1) is 0 Å². The summed E-state index contributed by atoms with van der Waals surface area (Å²) in [5.74, 6) is 0.120. The quantitative estimate of drug-likeness (QED) is 0.222. The van der Waals surface area contributed by atoms with Crippen molar-refractivity contribution in [3.8, 4) is 5.75 Å². The minimum atomic E-state index is -4.91. The molecule has 1 aliphatic carbocycles. The summed E-state index contributed by atoms with van der Waals surface area (Å²) < 4.78 is 24.8. The maximum absolute atomic E-state index is 12.4. The van der Waals surface area contributed by atoms with Gasteiger partial charge in [0.25, 0.3) is 0 Å². The molecule has 3 aromatic rings. The molecule has 3 aromatic carbocycles. The highest BCUT2D eigenvalue weighted by Gasteiger charge is 2.43. The van der Waals surface area contributed by atoms with Crippen LogP contribution in [-0.4, -0.2) is 15.6 Å². The van der Waals surface area contributed by atoms with Crippen molar-refractivity contribution in [2.45, 2.75) is 64.1 Å². The van der Waals surface area contributed by atoms with Crippen LogP contribution in [0.2, 0.25) is 0 Å². The minimum Gasteiger partial charge on any atom is -0.460 e. The number of benzene rings is 3. The van der Waals surface area contributed by atoms with E-state index in [0.717, 1.165) is 22.3 Å². The molecular weight excluding hydrogens is 459 g/mol. The van der Waals surface area contributed by atoms with E-state index in [4.69, 9.17) is 9.26 Å². The summed E-state index contributed by atoms with van der Waals surface area (Å²) in [6.45, 7) is 6.42. The first kappa shape index (κ1) is 25.7. The molecule has 4 rings (SSSR count). The fourth-order valence-corrected chi connectivity index (χ4v) is 5.39. The third-order valence-corrected chi connectivity index (χ3v) is 7.29. The Morgan fingerprint density at radius 3 is 1.80 bits per heavy atom. The molecule has 1 saturated carbocycles. The predicted octanol–water partition coefficient (Wildman–Crippen LogP) is 6.99. The normalized spacial score (nSPS) is 15.3. The Morgan fingerprint density at radius 1 is 0.829 bits per heavy atom. The lowest BCUT2D eigenvalue weighted by atomic mass is 9.90. The topological polar surface area (TPSA) is 76.0 Å². The number of phosphoric acid groups is 1. The maximum Gasteiger partial charge on any atom is 0.472 e. The third-order valence-electron chi connectivity index (χ3n) is 6.72. The molecule has 35 heavy (non-hydrogen) atoms. The van der Waals surface area contributed by atoms with E-state index in [9.17, 15) is 14.4 Å². The average Bonchev–Trinajstić information content (AvgIpc) is 3.64. The van der Waals surface area contributed by atoms with Gasteiger partial charge in [-0.3, -0.25) is 0 Å². The number of hydrogen-bond donors (Lipinski definition) is 2. The fourth-order valence-electron chi connectivity index (χ4n) is 4.79. The average molecular weight is 495 g/mol. The van der Waals surface area contributed by atoms with Crippen LogP contribution in [0.3, 0.4) is 0 Å². The molecule has 0 spiro atoms. The first-order chi connectivity index (χ1) is 16.7. The largest absolute Gasteiger partial charge is 0.472 e. The van der Waals surface area contributed by atoms with Crippen molar-refractivity contribution in [2.75, 3.05) is 0 Å². The molecule has 1 aliphatic rings. The second-order valence-corrected chi connectivity index (χ2v) is 11.1. The Balaban J connectivity index is 1.86. The summed E-state index contributed by atoms with van der Waals surface area (Å²) in [6.07, 6.45) is 2.73. The van der Waals surface area contributed by atoms with Gasteiger partial charge in [0.1, 0.15) is 5.75 Å². The van der Waals surface area contributed by atoms with E-state index >= 15 is 0 Å². The second kappa shape index (κ2) is 10.7. The first-order valence-electron chi connectivity index (χ1n) is 12.3. The number of hydrogen-bond acceptors (Lipinski definition) is 3. The van der Waals surface area contributed by atoms with Gasteiger partial charge in [-0.15, -0.1) is 0 Å². The summed E-state index contributed by atoms with van der Waals surface area (Å²) >= 11 is 0.